The summed E-state index contributed by atoms with van der Waals surface area (Å²) in [7, 11) is 1.48. The summed E-state index contributed by atoms with van der Waals surface area (Å²) >= 11 is 0. The van der Waals surface area contributed by atoms with Gasteiger partial charge < -0.3 is 24.8 Å². The van der Waals surface area contributed by atoms with Gasteiger partial charge in [-0.05, 0) is 6.92 Å². The molecular weight excluding hydrogens is 256 g/mol. The Kier molecular flexibility index (Phi) is 5.02. The van der Waals surface area contributed by atoms with Gasteiger partial charge in [-0.3, -0.25) is 9.59 Å². The minimum absolute atomic E-state index is 0.0400. The molecule has 19 heavy (non-hydrogen) atoms. The zero-order valence-corrected chi connectivity index (χ0v) is 10.7. The van der Waals surface area contributed by atoms with Crippen molar-refractivity contribution in [3.8, 4) is 0 Å². The fourth-order valence-corrected chi connectivity index (χ4v) is 1.38. The lowest BCUT2D eigenvalue weighted by Gasteiger charge is -2.20. The lowest BCUT2D eigenvalue weighted by Crippen LogP contribution is -2.42. The second-order valence-corrected chi connectivity index (χ2v) is 4.36. The average molecular weight is 272 g/mol. The van der Waals surface area contributed by atoms with E-state index in [1.165, 1.54) is 20.1 Å². The van der Waals surface area contributed by atoms with Crippen molar-refractivity contribution >= 4 is 11.9 Å². The molecule has 0 aliphatic rings. The highest BCUT2D eigenvalue weighted by atomic mass is 16.5. The summed E-state index contributed by atoms with van der Waals surface area (Å²) in [5, 5.41) is 24.2. The number of aliphatic carboxylic acids is 1. The predicted molar refractivity (Wildman–Crippen MR) is 62.4 cm³/mol. The average Bonchev–Trinajstić information content (AvgIpc) is 2.73. The summed E-state index contributed by atoms with van der Waals surface area (Å²) in [6.45, 7) is 1.31. The minimum Gasteiger partial charge on any atom is -0.481 e. The molecule has 0 aliphatic carbocycles. The monoisotopic (exact) mass is 272 g/mol. The van der Waals surface area contributed by atoms with E-state index in [0.29, 0.717) is 5.76 Å². The molecular formula is C11H16N2O6. The van der Waals surface area contributed by atoms with Gasteiger partial charge in [-0.25, -0.2) is 0 Å². The first-order valence-corrected chi connectivity index (χ1v) is 5.51. The molecule has 0 bridgehead atoms. The molecule has 1 atom stereocenters. The number of rotatable bonds is 7. The first-order chi connectivity index (χ1) is 8.84. The van der Waals surface area contributed by atoms with Crippen LogP contribution in [0.15, 0.2) is 10.6 Å². The van der Waals surface area contributed by atoms with Crippen LogP contribution in [0, 0.1) is 0 Å². The minimum atomic E-state index is -1.53. The summed E-state index contributed by atoms with van der Waals surface area (Å²) in [5.41, 5.74) is -1.49. The number of carbonyl (C=O) groups excluding carboxylic acids is 1. The van der Waals surface area contributed by atoms with Gasteiger partial charge in [0.25, 0.3) is 5.91 Å². The van der Waals surface area contributed by atoms with Crippen LogP contribution in [0.2, 0.25) is 0 Å². The van der Waals surface area contributed by atoms with Crippen molar-refractivity contribution in [1.82, 2.24) is 10.5 Å². The summed E-state index contributed by atoms with van der Waals surface area (Å²) in [5.74, 6) is -1.32. The summed E-state index contributed by atoms with van der Waals surface area (Å²) in [6.07, 6.45) is -0.471. The maximum Gasteiger partial charge on any atom is 0.306 e. The smallest absolute Gasteiger partial charge is 0.306 e. The van der Waals surface area contributed by atoms with E-state index in [0.717, 1.165) is 0 Å². The topological polar surface area (TPSA) is 122 Å². The number of aliphatic hydroxyl groups is 1. The number of ether oxygens (including phenoxy) is 1. The molecule has 1 unspecified atom stereocenters. The van der Waals surface area contributed by atoms with Gasteiger partial charge in [0.1, 0.15) is 6.61 Å². The molecule has 0 spiro atoms. The third-order valence-electron chi connectivity index (χ3n) is 2.24. The predicted octanol–water partition coefficient (Wildman–Crippen LogP) is -0.224. The zero-order chi connectivity index (χ0) is 14.5. The van der Waals surface area contributed by atoms with Crippen molar-refractivity contribution in [1.29, 1.82) is 0 Å². The molecule has 0 fully saturated rings. The summed E-state index contributed by atoms with van der Waals surface area (Å²) in [6, 6.07) is 1.41. The molecule has 1 aromatic rings. The van der Waals surface area contributed by atoms with Gasteiger partial charge in [0.05, 0.1) is 12.0 Å². The number of amides is 1. The van der Waals surface area contributed by atoms with Gasteiger partial charge in [-0.2, -0.15) is 0 Å². The van der Waals surface area contributed by atoms with E-state index in [1.807, 2.05) is 0 Å². The zero-order valence-electron chi connectivity index (χ0n) is 10.7. The van der Waals surface area contributed by atoms with Crippen molar-refractivity contribution in [3.63, 3.8) is 0 Å². The molecule has 1 amide bonds. The molecule has 8 nitrogen and oxygen atoms in total. The Hall–Kier alpha value is -1.93. The largest absolute Gasteiger partial charge is 0.481 e. The standard InChI is InChI=1S/C11H16N2O6/c1-11(17,4-9(14)15)6-12-10(16)8-3-7(5-18-2)19-13-8/h3,17H,4-6H2,1-2H3,(H,12,16)(H,14,15). The van der Waals surface area contributed by atoms with Crippen LogP contribution in [-0.4, -0.2) is 46.5 Å². The van der Waals surface area contributed by atoms with Crippen LogP contribution in [0.3, 0.4) is 0 Å². The molecule has 8 heteroatoms. The van der Waals surface area contributed by atoms with Crippen molar-refractivity contribution in [2.75, 3.05) is 13.7 Å². The van der Waals surface area contributed by atoms with Crippen molar-refractivity contribution < 1.29 is 29.1 Å². The Morgan fingerprint density at radius 3 is 2.84 bits per heavy atom. The van der Waals surface area contributed by atoms with Crippen LogP contribution in [0.5, 0.6) is 0 Å². The van der Waals surface area contributed by atoms with E-state index in [1.54, 1.807) is 0 Å². The second kappa shape index (κ2) is 6.30. The lowest BCUT2D eigenvalue weighted by atomic mass is 10.0. The number of nitrogens with one attached hydrogen (secondary N) is 1. The molecule has 1 heterocycles. The van der Waals surface area contributed by atoms with Crippen molar-refractivity contribution in [2.45, 2.75) is 25.6 Å². The third-order valence-corrected chi connectivity index (χ3v) is 2.24. The molecule has 0 saturated heterocycles. The highest BCUT2D eigenvalue weighted by molar-refractivity contribution is 5.92. The van der Waals surface area contributed by atoms with Gasteiger partial charge in [0, 0.05) is 19.7 Å². The normalized spacial score (nSPS) is 13.8. The fourth-order valence-electron chi connectivity index (χ4n) is 1.38. The van der Waals surface area contributed by atoms with Gasteiger partial charge in [-0.1, -0.05) is 5.16 Å². The fraction of sp³-hybridized carbons (Fsp3) is 0.545. The van der Waals surface area contributed by atoms with Crippen LogP contribution in [0.4, 0.5) is 0 Å². The summed E-state index contributed by atoms with van der Waals surface area (Å²) < 4.78 is 9.64. The maximum absolute atomic E-state index is 11.7. The Labute approximate surface area is 109 Å². The number of carboxylic acids is 1. The number of carboxylic acid groups (broad SMARTS) is 1. The molecule has 0 aliphatic heterocycles. The first kappa shape index (κ1) is 15.1. The Morgan fingerprint density at radius 1 is 1.58 bits per heavy atom. The van der Waals surface area contributed by atoms with E-state index in [-0.39, 0.29) is 18.8 Å². The first-order valence-electron chi connectivity index (χ1n) is 5.51. The van der Waals surface area contributed by atoms with Crippen LogP contribution < -0.4 is 5.32 Å². The van der Waals surface area contributed by atoms with Crippen LogP contribution >= 0.6 is 0 Å². The molecule has 1 rings (SSSR count). The number of methoxy groups -OCH3 is 1. The van der Waals surface area contributed by atoms with Crippen LogP contribution in [0.25, 0.3) is 0 Å². The SMILES string of the molecule is COCc1cc(C(=O)NCC(C)(O)CC(=O)O)no1. The number of hydrogen-bond acceptors (Lipinski definition) is 6. The molecule has 0 aromatic carbocycles. The summed E-state index contributed by atoms with van der Waals surface area (Å²) in [4.78, 5) is 22.2. The molecule has 0 radical (unpaired) electrons. The number of nitrogens with zero attached hydrogens (tertiary/aromatic N) is 1. The molecule has 106 valence electrons. The van der Waals surface area contributed by atoms with Crippen LogP contribution in [-0.2, 0) is 16.1 Å². The molecule has 1 aromatic heterocycles. The second-order valence-electron chi connectivity index (χ2n) is 4.36. The number of hydrogen-bond donors (Lipinski definition) is 3. The quantitative estimate of drug-likeness (QED) is 0.627. The van der Waals surface area contributed by atoms with Crippen LogP contribution in [0.1, 0.15) is 29.6 Å². The van der Waals surface area contributed by atoms with E-state index < -0.39 is 23.9 Å². The van der Waals surface area contributed by atoms with Gasteiger partial charge in [0.2, 0.25) is 0 Å². The Morgan fingerprint density at radius 2 is 2.26 bits per heavy atom. The third kappa shape index (κ3) is 5.06. The van der Waals surface area contributed by atoms with Gasteiger partial charge in [0.15, 0.2) is 11.5 Å². The Bertz CT molecular complexity index is 454. The highest BCUT2D eigenvalue weighted by Gasteiger charge is 2.25. The lowest BCUT2D eigenvalue weighted by molar-refractivity contribution is -0.141. The van der Waals surface area contributed by atoms with E-state index in [2.05, 4.69) is 10.5 Å². The van der Waals surface area contributed by atoms with E-state index in [9.17, 15) is 14.7 Å². The van der Waals surface area contributed by atoms with Crippen molar-refractivity contribution in [2.24, 2.45) is 0 Å². The maximum atomic E-state index is 11.7. The van der Waals surface area contributed by atoms with Gasteiger partial charge >= 0.3 is 5.97 Å². The number of carbonyl (C=O) groups is 2. The van der Waals surface area contributed by atoms with Crippen molar-refractivity contribution in [3.05, 3.63) is 17.5 Å². The highest BCUT2D eigenvalue weighted by Crippen LogP contribution is 2.09. The molecule has 0 saturated carbocycles. The Balaban J connectivity index is 2.52. The number of aromatic nitrogens is 1. The van der Waals surface area contributed by atoms with E-state index in [4.69, 9.17) is 14.4 Å². The molecule has 3 N–H and O–H groups in total. The van der Waals surface area contributed by atoms with E-state index >= 15 is 0 Å². The van der Waals surface area contributed by atoms with Gasteiger partial charge in [-0.15, -0.1) is 0 Å².